The van der Waals surface area contributed by atoms with E-state index in [9.17, 15) is 14.7 Å². The first-order chi connectivity index (χ1) is 14.0. The van der Waals surface area contributed by atoms with Gasteiger partial charge in [-0.1, -0.05) is 6.92 Å². The predicted molar refractivity (Wildman–Crippen MR) is 119 cm³/mol. The van der Waals surface area contributed by atoms with E-state index in [0.29, 0.717) is 22.2 Å². The van der Waals surface area contributed by atoms with Crippen LogP contribution in [0, 0.1) is 3.57 Å². The van der Waals surface area contributed by atoms with E-state index in [1.165, 1.54) is 7.11 Å². The number of hydrogen-bond acceptors (Lipinski definition) is 5. The number of rotatable bonds is 4. The fourth-order valence-electron chi connectivity index (χ4n) is 4.96. The Hall–Kier alpha value is -1.83. The summed E-state index contributed by atoms with van der Waals surface area (Å²) >= 11 is 2.08. The maximum atomic E-state index is 13.1. The summed E-state index contributed by atoms with van der Waals surface area (Å²) in [5.74, 6) is 0.387. The van der Waals surface area contributed by atoms with Crippen molar-refractivity contribution in [3.05, 3.63) is 43.8 Å². The number of benzene rings is 1. The van der Waals surface area contributed by atoms with E-state index < -0.39 is 0 Å². The van der Waals surface area contributed by atoms with E-state index in [0.717, 1.165) is 66.8 Å². The zero-order valence-corrected chi connectivity index (χ0v) is 19.0. The molecule has 29 heavy (non-hydrogen) atoms. The Bertz CT molecular complexity index is 902. The van der Waals surface area contributed by atoms with Gasteiger partial charge in [-0.3, -0.25) is 9.59 Å². The first-order valence-corrected chi connectivity index (χ1v) is 11.4. The molecule has 0 saturated carbocycles. The second-order valence-electron chi connectivity index (χ2n) is 7.91. The van der Waals surface area contributed by atoms with Crippen LogP contribution < -0.4 is 4.74 Å². The average Bonchev–Trinajstić information content (AvgIpc) is 2.71. The highest BCUT2D eigenvalue weighted by molar-refractivity contribution is 14.1. The molecular formula is C23H26INO4. The molecule has 1 aromatic rings. The topological polar surface area (TPSA) is 66.8 Å². The lowest BCUT2D eigenvalue weighted by atomic mass is 9.71. The molecule has 0 spiro atoms. The van der Waals surface area contributed by atoms with Crippen molar-refractivity contribution in [1.29, 1.82) is 0 Å². The summed E-state index contributed by atoms with van der Waals surface area (Å²) in [6, 6.07) is 3.67. The molecule has 154 valence electrons. The van der Waals surface area contributed by atoms with Gasteiger partial charge in [-0.25, -0.2) is 0 Å². The van der Waals surface area contributed by atoms with Crippen molar-refractivity contribution in [3.8, 4) is 11.5 Å². The predicted octanol–water partition coefficient (Wildman–Crippen LogP) is 4.83. The van der Waals surface area contributed by atoms with Gasteiger partial charge < -0.3 is 14.7 Å². The number of ether oxygens (including phenoxy) is 1. The quantitative estimate of drug-likeness (QED) is 0.592. The van der Waals surface area contributed by atoms with Crippen LogP contribution in [0.15, 0.2) is 34.7 Å². The molecular weight excluding hydrogens is 481 g/mol. The minimum atomic E-state index is -0.364. The summed E-state index contributed by atoms with van der Waals surface area (Å²) < 4.78 is 6.03. The number of allylic oxidation sites excluding steroid dienone is 4. The molecule has 6 heteroatoms. The molecule has 0 atom stereocenters. The maximum absolute atomic E-state index is 13.1. The van der Waals surface area contributed by atoms with Crippen LogP contribution in [-0.4, -0.2) is 35.2 Å². The molecule has 0 unspecified atom stereocenters. The number of Topliss-reactive ketones (excluding diaryl/α,β-unsaturated/α-hetero) is 2. The summed E-state index contributed by atoms with van der Waals surface area (Å²) in [4.78, 5) is 28.6. The third-order valence-electron chi connectivity index (χ3n) is 6.14. The lowest BCUT2D eigenvalue weighted by Gasteiger charge is -2.44. The highest BCUT2D eigenvalue weighted by Crippen LogP contribution is 2.50. The van der Waals surface area contributed by atoms with E-state index in [2.05, 4.69) is 34.4 Å². The van der Waals surface area contributed by atoms with Gasteiger partial charge in [0.15, 0.2) is 23.1 Å². The number of carbonyl (C=O) groups is 2. The Morgan fingerprint density at radius 1 is 1.07 bits per heavy atom. The number of ketones is 2. The van der Waals surface area contributed by atoms with E-state index in [4.69, 9.17) is 4.74 Å². The second-order valence-corrected chi connectivity index (χ2v) is 9.07. The lowest BCUT2D eigenvalue weighted by molar-refractivity contribution is -0.117. The van der Waals surface area contributed by atoms with E-state index >= 15 is 0 Å². The number of phenols is 1. The zero-order valence-electron chi connectivity index (χ0n) is 16.9. The van der Waals surface area contributed by atoms with Crippen LogP contribution in [0.5, 0.6) is 11.5 Å². The molecule has 3 aliphatic rings. The van der Waals surface area contributed by atoms with Crippen molar-refractivity contribution in [2.45, 2.75) is 57.8 Å². The van der Waals surface area contributed by atoms with Crippen LogP contribution in [-0.2, 0) is 9.59 Å². The maximum Gasteiger partial charge on any atom is 0.171 e. The van der Waals surface area contributed by atoms with Crippen molar-refractivity contribution in [2.75, 3.05) is 13.7 Å². The van der Waals surface area contributed by atoms with Gasteiger partial charge >= 0.3 is 0 Å². The van der Waals surface area contributed by atoms with Crippen LogP contribution in [0.4, 0.5) is 0 Å². The molecule has 0 bridgehead atoms. The summed E-state index contributed by atoms with van der Waals surface area (Å²) in [5.41, 5.74) is 4.61. The van der Waals surface area contributed by atoms with Gasteiger partial charge in [0.05, 0.1) is 10.7 Å². The summed E-state index contributed by atoms with van der Waals surface area (Å²) in [6.45, 7) is 2.97. The van der Waals surface area contributed by atoms with Gasteiger partial charge in [0.25, 0.3) is 0 Å². The fourth-order valence-corrected chi connectivity index (χ4v) is 5.58. The van der Waals surface area contributed by atoms with E-state index in [1.807, 2.05) is 6.07 Å². The van der Waals surface area contributed by atoms with Crippen molar-refractivity contribution in [2.24, 2.45) is 0 Å². The van der Waals surface area contributed by atoms with Gasteiger partial charge in [0, 0.05) is 47.8 Å². The molecule has 0 aromatic heterocycles. The highest BCUT2D eigenvalue weighted by Gasteiger charge is 2.43. The molecule has 0 fully saturated rings. The van der Waals surface area contributed by atoms with Gasteiger partial charge in [-0.15, -0.1) is 0 Å². The second kappa shape index (κ2) is 8.13. The standard InChI is InChI=1S/C23H26INO4/c1-3-10-25-15-6-4-8-17(26)21(15)20(22-16(25)7-5-9-18(22)27)13-11-14(24)23(28)19(12-13)29-2/h11-12,20,28H,3-10H2,1-2H3. The van der Waals surface area contributed by atoms with Crippen molar-refractivity contribution < 1.29 is 19.4 Å². The molecule has 1 aromatic carbocycles. The van der Waals surface area contributed by atoms with E-state index in [1.54, 1.807) is 6.07 Å². The molecule has 4 rings (SSSR count). The molecule has 0 saturated heterocycles. The number of nitrogens with zero attached hydrogens (tertiary/aromatic N) is 1. The largest absolute Gasteiger partial charge is 0.504 e. The minimum Gasteiger partial charge on any atom is -0.504 e. The Morgan fingerprint density at radius 3 is 2.17 bits per heavy atom. The number of phenolic OH excluding ortho intramolecular Hbond substituents is 1. The van der Waals surface area contributed by atoms with Crippen molar-refractivity contribution >= 4 is 34.2 Å². The average molecular weight is 507 g/mol. The van der Waals surface area contributed by atoms with Crippen molar-refractivity contribution in [3.63, 3.8) is 0 Å². The SMILES string of the molecule is CCCN1C2=C(C(=O)CCC2)C(c2cc(I)c(O)c(OC)c2)C2=C1CCCC2=O. The van der Waals surface area contributed by atoms with Crippen LogP contribution in [0.2, 0.25) is 0 Å². The van der Waals surface area contributed by atoms with Gasteiger partial charge in [0.1, 0.15) is 0 Å². The molecule has 1 aliphatic heterocycles. The molecule has 1 heterocycles. The smallest absolute Gasteiger partial charge is 0.171 e. The normalized spacial score (nSPS) is 20.2. The van der Waals surface area contributed by atoms with Crippen LogP contribution in [0.25, 0.3) is 0 Å². The van der Waals surface area contributed by atoms with Gasteiger partial charge in [-0.2, -0.15) is 0 Å². The molecule has 1 N–H and O–H groups in total. The van der Waals surface area contributed by atoms with Crippen LogP contribution in [0.1, 0.15) is 63.4 Å². The number of methoxy groups -OCH3 is 1. The molecule has 0 amide bonds. The zero-order chi connectivity index (χ0) is 20.7. The first kappa shape index (κ1) is 20.4. The van der Waals surface area contributed by atoms with Crippen molar-refractivity contribution in [1.82, 2.24) is 4.90 Å². The third-order valence-corrected chi connectivity index (χ3v) is 6.96. The Balaban J connectivity index is 1.98. The first-order valence-electron chi connectivity index (χ1n) is 10.3. The Morgan fingerprint density at radius 2 is 1.66 bits per heavy atom. The monoisotopic (exact) mass is 507 g/mol. The van der Waals surface area contributed by atoms with E-state index in [-0.39, 0.29) is 23.2 Å². The number of aromatic hydroxyl groups is 1. The third kappa shape index (κ3) is 3.39. The summed E-state index contributed by atoms with van der Waals surface area (Å²) in [7, 11) is 1.52. The number of carbonyl (C=O) groups excluding carboxylic acids is 2. The summed E-state index contributed by atoms with van der Waals surface area (Å²) in [5, 5.41) is 10.3. The summed E-state index contributed by atoms with van der Waals surface area (Å²) in [6.07, 6.45) is 5.47. The van der Waals surface area contributed by atoms with Gasteiger partial charge in [-0.05, 0) is 72.4 Å². The highest BCUT2D eigenvalue weighted by atomic mass is 127. The Kier molecular flexibility index (Phi) is 5.73. The Labute approximate surface area is 184 Å². The van der Waals surface area contributed by atoms with Crippen LogP contribution >= 0.6 is 22.6 Å². The lowest BCUT2D eigenvalue weighted by Crippen LogP contribution is -2.39. The van der Waals surface area contributed by atoms with Gasteiger partial charge in [0.2, 0.25) is 0 Å². The minimum absolute atomic E-state index is 0.0913. The fraction of sp³-hybridized carbons (Fsp3) is 0.478. The van der Waals surface area contributed by atoms with Crippen LogP contribution in [0.3, 0.4) is 0 Å². The molecule has 5 nitrogen and oxygen atoms in total. The molecule has 0 radical (unpaired) electrons. The number of hydrogen-bond donors (Lipinski definition) is 1. The number of halogens is 1. The molecule has 2 aliphatic carbocycles.